The van der Waals surface area contributed by atoms with E-state index in [9.17, 15) is 22.7 Å². The first-order valence-electron chi connectivity index (χ1n) is 6.34. The maximum atomic E-state index is 13.8. The summed E-state index contributed by atoms with van der Waals surface area (Å²) in [6.07, 6.45) is 0. The molecule has 5 nitrogen and oxygen atoms in total. The van der Waals surface area contributed by atoms with E-state index in [1.165, 1.54) is 24.3 Å². The second-order valence-corrected chi connectivity index (χ2v) is 6.49. The predicted octanol–water partition coefficient (Wildman–Crippen LogP) is 2.94. The SMILES string of the molecule is Cc1ccc(F)c(S(=O)(=O)Nc2cccc(C)c2C(=O)O)c1. The zero-order valence-electron chi connectivity index (χ0n) is 11.9. The van der Waals surface area contributed by atoms with Crippen LogP contribution in [-0.2, 0) is 10.0 Å². The minimum Gasteiger partial charge on any atom is -0.478 e. The second kappa shape index (κ2) is 5.76. The summed E-state index contributed by atoms with van der Waals surface area (Å²) in [7, 11) is -4.23. The van der Waals surface area contributed by atoms with Crippen molar-refractivity contribution in [2.45, 2.75) is 18.7 Å². The van der Waals surface area contributed by atoms with Crippen molar-refractivity contribution in [1.82, 2.24) is 0 Å². The fraction of sp³-hybridized carbons (Fsp3) is 0.133. The third kappa shape index (κ3) is 3.09. The van der Waals surface area contributed by atoms with E-state index in [0.29, 0.717) is 11.1 Å². The molecule has 0 fully saturated rings. The zero-order valence-corrected chi connectivity index (χ0v) is 12.7. The van der Waals surface area contributed by atoms with Gasteiger partial charge in [-0.25, -0.2) is 17.6 Å². The number of halogens is 1. The Kier molecular flexibility index (Phi) is 4.18. The van der Waals surface area contributed by atoms with E-state index in [4.69, 9.17) is 0 Å². The number of anilines is 1. The zero-order chi connectivity index (χ0) is 16.5. The lowest BCUT2D eigenvalue weighted by Crippen LogP contribution is -2.17. The lowest BCUT2D eigenvalue weighted by Gasteiger charge is -2.13. The molecule has 0 aliphatic rings. The molecule has 0 atom stereocenters. The Morgan fingerprint density at radius 3 is 2.50 bits per heavy atom. The number of nitrogens with one attached hydrogen (secondary N) is 1. The quantitative estimate of drug-likeness (QED) is 0.906. The molecular formula is C15H14FNO4S. The van der Waals surface area contributed by atoms with Crippen molar-refractivity contribution in [2.75, 3.05) is 4.72 Å². The molecule has 0 saturated heterocycles. The van der Waals surface area contributed by atoms with Crippen molar-refractivity contribution in [1.29, 1.82) is 0 Å². The van der Waals surface area contributed by atoms with Crippen molar-refractivity contribution in [2.24, 2.45) is 0 Å². The number of carbonyl (C=O) groups is 1. The van der Waals surface area contributed by atoms with Gasteiger partial charge in [0, 0.05) is 0 Å². The summed E-state index contributed by atoms with van der Waals surface area (Å²) in [4.78, 5) is 10.8. The van der Waals surface area contributed by atoms with E-state index < -0.39 is 26.7 Å². The van der Waals surface area contributed by atoms with Crippen LogP contribution in [0.2, 0.25) is 0 Å². The molecule has 2 aromatic rings. The van der Waals surface area contributed by atoms with Gasteiger partial charge in [-0.15, -0.1) is 0 Å². The minimum atomic E-state index is -4.23. The number of aryl methyl sites for hydroxylation is 2. The van der Waals surface area contributed by atoms with Gasteiger partial charge in [0.15, 0.2) is 0 Å². The van der Waals surface area contributed by atoms with Crippen LogP contribution in [0.15, 0.2) is 41.3 Å². The summed E-state index contributed by atoms with van der Waals surface area (Å²) in [5.41, 5.74) is 0.703. The molecule has 116 valence electrons. The van der Waals surface area contributed by atoms with Crippen LogP contribution >= 0.6 is 0 Å². The first kappa shape index (κ1) is 16.0. The van der Waals surface area contributed by atoms with Gasteiger partial charge in [0.2, 0.25) is 0 Å². The van der Waals surface area contributed by atoms with E-state index in [1.54, 1.807) is 19.9 Å². The standard InChI is InChI=1S/C15H14FNO4S/c1-9-6-7-11(16)13(8-9)22(20,21)17-12-5-3-4-10(2)14(12)15(18)19/h3-8,17H,1-2H3,(H,18,19). The van der Waals surface area contributed by atoms with E-state index in [2.05, 4.69) is 4.72 Å². The third-order valence-electron chi connectivity index (χ3n) is 3.11. The summed E-state index contributed by atoms with van der Waals surface area (Å²) >= 11 is 0. The lowest BCUT2D eigenvalue weighted by atomic mass is 10.1. The maximum absolute atomic E-state index is 13.8. The van der Waals surface area contributed by atoms with Crippen LogP contribution in [0.5, 0.6) is 0 Å². The van der Waals surface area contributed by atoms with Crippen LogP contribution < -0.4 is 4.72 Å². The van der Waals surface area contributed by atoms with Gasteiger partial charge in [-0.3, -0.25) is 4.72 Å². The molecule has 0 bridgehead atoms. The average Bonchev–Trinajstić information content (AvgIpc) is 2.40. The Morgan fingerprint density at radius 2 is 1.86 bits per heavy atom. The Bertz CT molecular complexity index is 847. The van der Waals surface area contributed by atoms with E-state index in [1.807, 2.05) is 0 Å². The Hall–Kier alpha value is -2.41. The number of carboxylic acid groups (broad SMARTS) is 1. The molecule has 0 heterocycles. The highest BCUT2D eigenvalue weighted by atomic mass is 32.2. The van der Waals surface area contributed by atoms with E-state index >= 15 is 0 Å². The Labute approximate surface area is 127 Å². The molecule has 0 radical (unpaired) electrons. The Morgan fingerprint density at radius 1 is 1.18 bits per heavy atom. The van der Waals surface area contributed by atoms with Crippen molar-refractivity contribution >= 4 is 21.7 Å². The van der Waals surface area contributed by atoms with Crippen LogP contribution in [-0.4, -0.2) is 19.5 Å². The van der Waals surface area contributed by atoms with Crippen LogP contribution in [0.1, 0.15) is 21.5 Å². The van der Waals surface area contributed by atoms with Crippen molar-refractivity contribution in [3.63, 3.8) is 0 Å². The van der Waals surface area contributed by atoms with Gasteiger partial charge in [-0.2, -0.15) is 0 Å². The Balaban J connectivity index is 2.53. The molecule has 0 aliphatic carbocycles. The van der Waals surface area contributed by atoms with Gasteiger partial charge >= 0.3 is 5.97 Å². The van der Waals surface area contributed by atoms with Gasteiger partial charge in [0.25, 0.3) is 10.0 Å². The maximum Gasteiger partial charge on any atom is 0.338 e. The minimum absolute atomic E-state index is 0.103. The van der Waals surface area contributed by atoms with Crippen LogP contribution in [0.25, 0.3) is 0 Å². The molecule has 2 N–H and O–H groups in total. The third-order valence-corrected chi connectivity index (χ3v) is 4.49. The second-order valence-electron chi connectivity index (χ2n) is 4.84. The largest absolute Gasteiger partial charge is 0.478 e. The highest BCUT2D eigenvalue weighted by molar-refractivity contribution is 7.92. The molecule has 0 amide bonds. The number of hydrogen-bond acceptors (Lipinski definition) is 3. The molecule has 7 heteroatoms. The van der Waals surface area contributed by atoms with Crippen molar-refractivity contribution in [3.05, 3.63) is 58.9 Å². The van der Waals surface area contributed by atoms with Gasteiger partial charge < -0.3 is 5.11 Å². The number of hydrogen-bond donors (Lipinski definition) is 2. The number of carboxylic acids is 1. The summed E-state index contributed by atoms with van der Waals surface area (Å²) in [6, 6.07) is 8.08. The topological polar surface area (TPSA) is 83.5 Å². The van der Waals surface area contributed by atoms with Gasteiger partial charge in [0.1, 0.15) is 10.7 Å². The first-order valence-corrected chi connectivity index (χ1v) is 7.82. The van der Waals surface area contributed by atoms with Gasteiger partial charge in [-0.05, 0) is 43.2 Å². The van der Waals surface area contributed by atoms with Gasteiger partial charge in [0.05, 0.1) is 11.3 Å². The fourth-order valence-electron chi connectivity index (χ4n) is 2.05. The van der Waals surface area contributed by atoms with E-state index in [-0.39, 0.29) is 11.3 Å². The number of rotatable bonds is 4. The van der Waals surface area contributed by atoms with E-state index in [0.717, 1.165) is 6.07 Å². The first-order chi connectivity index (χ1) is 10.2. The normalized spacial score (nSPS) is 11.2. The molecular weight excluding hydrogens is 309 g/mol. The number of sulfonamides is 1. The summed E-state index contributed by atoms with van der Waals surface area (Å²) in [5.74, 6) is -2.16. The number of benzene rings is 2. The van der Waals surface area contributed by atoms with Crippen LogP contribution in [0.3, 0.4) is 0 Å². The molecule has 0 aliphatic heterocycles. The van der Waals surface area contributed by atoms with Crippen LogP contribution in [0, 0.1) is 19.7 Å². The van der Waals surface area contributed by atoms with Crippen molar-refractivity contribution < 1.29 is 22.7 Å². The summed E-state index contributed by atoms with van der Waals surface area (Å²) < 4.78 is 40.5. The predicted molar refractivity (Wildman–Crippen MR) is 80.1 cm³/mol. The average molecular weight is 323 g/mol. The molecule has 0 spiro atoms. The molecule has 2 rings (SSSR count). The molecule has 0 saturated carbocycles. The molecule has 22 heavy (non-hydrogen) atoms. The lowest BCUT2D eigenvalue weighted by molar-refractivity contribution is 0.0697. The fourth-order valence-corrected chi connectivity index (χ4v) is 3.29. The molecule has 0 aromatic heterocycles. The summed E-state index contributed by atoms with van der Waals surface area (Å²) in [6.45, 7) is 3.18. The smallest absolute Gasteiger partial charge is 0.338 e. The van der Waals surface area contributed by atoms with Gasteiger partial charge in [-0.1, -0.05) is 18.2 Å². The number of aromatic carboxylic acids is 1. The summed E-state index contributed by atoms with van der Waals surface area (Å²) in [5, 5.41) is 9.20. The highest BCUT2D eigenvalue weighted by Crippen LogP contribution is 2.24. The van der Waals surface area contributed by atoms with Crippen LogP contribution in [0.4, 0.5) is 10.1 Å². The molecule has 0 unspecified atom stereocenters. The van der Waals surface area contributed by atoms with Crippen molar-refractivity contribution in [3.8, 4) is 0 Å². The monoisotopic (exact) mass is 323 g/mol. The molecule has 2 aromatic carbocycles. The highest BCUT2D eigenvalue weighted by Gasteiger charge is 2.22.